The summed E-state index contributed by atoms with van der Waals surface area (Å²) >= 11 is 0. The molecule has 1 aliphatic heterocycles. The quantitative estimate of drug-likeness (QED) is 0.584. The second-order valence-corrected chi connectivity index (χ2v) is 9.14. The fourth-order valence-corrected chi connectivity index (χ4v) is 5.02. The summed E-state index contributed by atoms with van der Waals surface area (Å²) in [6, 6.07) is 18.2. The van der Waals surface area contributed by atoms with Crippen molar-refractivity contribution in [2.24, 2.45) is 0 Å². The largest absolute Gasteiger partial charge is 0.349 e. The van der Waals surface area contributed by atoms with Crippen LogP contribution in [0.3, 0.4) is 0 Å². The second kappa shape index (κ2) is 8.32. The number of para-hydroxylation sites is 1. The highest BCUT2D eigenvalue weighted by atomic mass is 32.2. The summed E-state index contributed by atoms with van der Waals surface area (Å²) in [5.41, 5.74) is 2.72. The van der Waals surface area contributed by atoms with Crippen molar-refractivity contribution >= 4 is 33.2 Å². The van der Waals surface area contributed by atoms with E-state index in [2.05, 4.69) is 17.2 Å². The number of rotatable bonds is 5. The minimum Gasteiger partial charge on any atom is -0.349 e. The van der Waals surface area contributed by atoms with Crippen molar-refractivity contribution in [2.45, 2.75) is 4.90 Å². The smallest absolute Gasteiger partial charge is 0.264 e. The van der Waals surface area contributed by atoms with Gasteiger partial charge in [0.15, 0.2) is 0 Å². The lowest BCUT2D eigenvalue weighted by Crippen LogP contribution is -2.30. The average molecular weight is 448 g/mol. The van der Waals surface area contributed by atoms with Gasteiger partial charge < -0.3 is 10.6 Å². The molecular weight excluding hydrogens is 426 g/mol. The van der Waals surface area contributed by atoms with Crippen molar-refractivity contribution in [3.05, 3.63) is 90.5 Å². The molecule has 0 spiro atoms. The van der Waals surface area contributed by atoms with Crippen LogP contribution in [-0.4, -0.2) is 33.8 Å². The molecule has 7 nitrogen and oxygen atoms in total. The lowest BCUT2D eigenvalue weighted by atomic mass is 10.00. The third kappa shape index (κ3) is 3.65. The molecule has 1 aliphatic rings. The Kier molecular flexibility index (Phi) is 5.54. The summed E-state index contributed by atoms with van der Waals surface area (Å²) in [5.74, 6) is -0.739. The highest BCUT2D eigenvalue weighted by molar-refractivity contribution is 7.93. The molecule has 0 saturated heterocycles. The van der Waals surface area contributed by atoms with Gasteiger partial charge in [0.1, 0.15) is 0 Å². The summed E-state index contributed by atoms with van der Waals surface area (Å²) in [7, 11) is -2.17. The number of nitrogens with zero attached hydrogens (tertiary/aromatic N) is 1. The van der Waals surface area contributed by atoms with E-state index in [0.29, 0.717) is 40.2 Å². The van der Waals surface area contributed by atoms with Gasteiger partial charge >= 0.3 is 0 Å². The normalized spacial score (nSPS) is 13.5. The average Bonchev–Trinajstić information content (AvgIpc) is 2.81. The molecule has 0 bridgehead atoms. The molecule has 3 aromatic rings. The van der Waals surface area contributed by atoms with Gasteiger partial charge in [0.05, 0.1) is 21.8 Å². The Morgan fingerprint density at radius 3 is 2.47 bits per heavy atom. The second-order valence-electron chi connectivity index (χ2n) is 7.20. The monoisotopic (exact) mass is 447 g/mol. The lowest BCUT2D eigenvalue weighted by molar-refractivity contribution is 0.0959. The maximum atomic E-state index is 13.0. The van der Waals surface area contributed by atoms with Crippen molar-refractivity contribution in [1.82, 2.24) is 5.32 Å². The van der Waals surface area contributed by atoms with Crippen molar-refractivity contribution in [3.63, 3.8) is 0 Å². The zero-order valence-corrected chi connectivity index (χ0v) is 18.1. The van der Waals surface area contributed by atoms with Crippen LogP contribution in [-0.2, 0) is 10.0 Å². The Morgan fingerprint density at radius 2 is 1.69 bits per heavy atom. The van der Waals surface area contributed by atoms with Gasteiger partial charge in [-0.1, -0.05) is 36.4 Å². The number of hydrogen-bond acceptors (Lipinski definition) is 4. The molecule has 32 heavy (non-hydrogen) atoms. The molecule has 0 fully saturated rings. The van der Waals surface area contributed by atoms with Crippen LogP contribution in [0.15, 0.2) is 84.3 Å². The van der Waals surface area contributed by atoms with Crippen molar-refractivity contribution in [1.29, 1.82) is 0 Å². The Morgan fingerprint density at radius 1 is 0.969 bits per heavy atom. The van der Waals surface area contributed by atoms with E-state index < -0.39 is 15.9 Å². The molecule has 4 rings (SSSR count). The van der Waals surface area contributed by atoms with Gasteiger partial charge in [-0.2, -0.15) is 0 Å². The van der Waals surface area contributed by atoms with Gasteiger partial charge in [-0.15, -0.1) is 6.58 Å². The molecule has 8 heteroatoms. The maximum Gasteiger partial charge on any atom is 0.264 e. The molecule has 0 aliphatic carbocycles. The highest BCUT2D eigenvalue weighted by Crippen LogP contribution is 2.42. The molecule has 1 heterocycles. The van der Waals surface area contributed by atoms with E-state index in [0.717, 1.165) is 0 Å². The van der Waals surface area contributed by atoms with E-state index in [1.165, 1.54) is 11.4 Å². The maximum absolute atomic E-state index is 13.0. The number of benzene rings is 3. The summed E-state index contributed by atoms with van der Waals surface area (Å²) in [6.45, 7) is 3.88. The molecular formula is C24H21N3O4S. The molecule has 0 atom stereocenters. The number of sulfonamides is 1. The molecule has 2 amide bonds. The minimum atomic E-state index is -3.66. The van der Waals surface area contributed by atoms with Gasteiger partial charge in [-0.3, -0.25) is 13.9 Å². The van der Waals surface area contributed by atoms with Crippen molar-refractivity contribution in [3.8, 4) is 11.1 Å². The summed E-state index contributed by atoms with van der Waals surface area (Å²) in [6.07, 6.45) is 1.57. The molecule has 0 saturated carbocycles. The van der Waals surface area contributed by atoms with Crippen LogP contribution in [0.2, 0.25) is 0 Å². The zero-order valence-electron chi connectivity index (χ0n) is 17.3. The standard InChI is InChI=1S/C24H21N3O4S/c1-3-14-25-24(29)18-9-4-6-10-20(18)26-23(28)16-12-13-21-19(15-16)17-8-5-7-11-22(17)32(30,31)27(21)2/h3-13,15H,1,14H2,2H3,(H,25,29)(H,26,28). The number of amides is 2. The fourth-order valence-electron chi connectivity index (χ4n) is 3.60. The number of carbonyl (C=O) groups excluding carboxylic acids is 2. The first-order valence-corrected chi connectivity index (χ1v) is 11.3. The van der Waals surface area contributed by atoms with E-state index in [1.807, 2.05) is 0 Å². The minimum absolute atomic E-state index is 0.191. The van der Waals surface area contributed by atoms with Gasteiger partial charge in [0.2, 0.25) is 0 Å². The van der Waals surface area contributed by atoms with Gasteiger partial charge in [0, 0.05) is 30.3 Å². The number of anilines is 2. The van der Waals surface area contributed by atoms with E-state index in [4.69, 9.17) is 0 Å². The Balaban J connectivity index is 1.69. The summed E-state index contributed by atoms with van der Waals surface area (Å²) in [5, 5.41) is 5.48. The molecule has 0 radical (unpaired) electrons. The van der Waals surface area contributed by atoms with Crippen LogP contribution in [0.5, 0.6) is 0 Å². The number of nitrogens with one attached hydrogen (secondary N) is 2. The third-order valence-electron chi connectivity index (χ3n) is 5.24. The Hall–Kier alpha value is -3.91. The van der Waals surface area contributed by atoms with Crippen LogP contribution in [0.25, 0.3) is 11.1 Å². The van der Waals surface area contributed by atoms with E-state index in [9.17, 15) is 18.0 Å². The summed E-state index contributed by atoms with van der Waals surface area (Å²) < 4.78 is 26.8. The Bertz CT molecular complexity index is 1350. The van der Waals surface area contributed by atoms with Gasteiger partial charge in [0.25, 0.3) is 21.8 Å². The van der Waals surface area contributed by atoms with Crippen LogP contribution in [0.4, 0.5) is 11.4 Å². The van der Waals surface area contributed by atoms with Gasteiger partial charge in [-0.25, -0.2) is 8.42 Å². The van der Waals surface area contributed by atoms with Gasteiger partial charge in [-0.05, 0) is 36.4 Å². The molecule has 162 valence electrons. The van der Waals surface area contributed by atoms with E-state index in [1.54, 1.807) is 72.8 Å². The lowest BCUT2D eigenvalue weighted by Gasteiger charge is -2.29. The van der Waals surface area contributed by atoms with E-state index in [-0.39, 0.29) is 10.8 Å². The zero-order chi connectivity index (χ0) is 22.9. The molecule has 0 aromatic heterocycles. The fraction of sp³-hybridized carbons (Fsp3) is 0.0833. The SMILES string of the molecule is C=CCNC(=O)c1ccccc1NC(=O)c1ccc2c(c1)-c1ccccc1S(=O)(=O)N2C. The summed E-state index contributed by atoms with van der Waals surface area (Å²) in [4.78, 5) is 25.6. The first-order valence-electron chi connectivity index (χ1n) is 9.86. The predicted octanol–water partition coefficient (Wildman–Crippen LogP) is 3.66. The number of carbonyl (C=O) groups is 2. The van der Waals surface area contributed by atoms with Crippen LogP contribution < -0.4 is 14.9 Å². The van der Waals surface area contributed by atoms with Crippen LogP contribution in [0, 0.1) is 0 Å². The third-order valence-corrected chi connectivity index (χ3v) is 7.07. The topological polar surface area (TPSA) is 95.6 Å². The Labute approximate surface area is 186 Å². The molecule has 0 unspecified atom stereocenters. The molecule has 3 aromatic carbocycles. The first-order chi connectivity index (χ1) is 15.3. The van der Waals surface area contributed by atoms with E-state index >= 15 is 0 Å². The predicted molar refractivity (Wildman–Crippen MR) is 124 cm³/mol. The highest BCUT2D eigenvalue weighted by Gasteiger charge is 2.32. The number of fused-ring (bicyclic) bond motifs is 3. The van der Waals surface area contributed by atoms with Crippen molar-refractivity contribution in [2.75, 3.05) is 23.2 Å². The first kappa shape index (κ1) is 21.3. The van der Waals surface area contributed by atoms with Crippen molar-refractivity contribution < 1.29 is 18.0 Å². The number of hydrogen-bond donors (Lipinski definition) is 2. The van der Waals surface area contributed by atoms with Crippen LogP contribution >= 0.6 is 0 Å². The van der Waals surface area contributed by atoms with Crippen LogP contribution in [0.1, 0.15) is 20.7 Å². The molecule has 2 N–H and O–H groups in total.